The Balaban J connectivity index is 0.908. The highest BCUT2D eigenvalue weighted by atomic mass is 19.1. The Kier molecular flexibility index (Phi) is 8.64. The Labute approximate surface area is 303 Å². The predicted molar refractivity (Wildman–Crippen MR) is 194 cm³/mol. The minimum Gasteiger partial charge on any atom is -0.377 e. The summed E-state index contributed by atoms with van der Waals surface area (Å²) in [7, 11) is 0. The third-order valence-electron chi connectivity index (χ3n) is 14.3. The van der Waals surface area contributed by atoms with Crippen molar-refractivity contribution in [2.24, 2.45) is 34.5 Å². The van der Waals surface area contributed by atoms with Gasteiger partial charge in [-0.3, -0.25) is 19.2 Å². The minimum absolute atomic E-state index is 0.0498. The van der Waals surface area contributed by atoms with Crippen LogP contribution in [0.1, 0.15) is 93.3 Å². The fourth-order valence-electron chi connectivity index (χ4n) is 11.1. The number of rotatable bonds is 3. The number of carbonyl (C=O) groups is 3. The number of H-pyrrole nitrogens is 1. The van der Waals surface area contributed by atoms with Crippen LogP contribution in [0.4, 0.5) is 4.39 Å². The molecule has 10 heteroatoms. The number of amides is 2. The first kappa shape index (κ1) is 34.7. The number of Topliss-reactive ketones (excluding diaryl/α,β-unsaturated/α-hetero) is 1. The van der Waals surface area contributed by atoms with Gasteiger partial charge in [0.15, 0.2) is 0 Å². The van der Waals surface area contributed by atoms with Crippen LogP contribution < -0.4 is 5.56 Å². The second-order valence-corrected chi connectivity index (χ2v) is 16.6. The maximum absolute atomic E-state index is 15.0. The van der Waals surface area contributed by atoms with Crippen LogP contribution in [0.3, 0.4) is 0 Å². The van der Waals surface area contributed by atoms with Gasteiger partial charge in [-0.2, -0.15) is 5.10 Å². The van der Waals surface area contributed by atoms with Gasteiger partial charge >= 0.3 is 0 Å². The fraction of sp³-hybridized carbons (Fsp3) is 0.548. The van der Waals surface area contributed by atoms with Crippen molar-refractivity contribution in [2.45, 2.75) is 83.7 Å². The summed E-state index contributed by atoms with van der Waals surface area (Å²) >= 11 is 0. The molecule has 5 aliphatic rings. The first-order chi connectivity index (χ1) is 24.9. The molecule has 5 fully saturated rings. The molecule has 8 rings (SSSR count). The number of nitrogens with one attached hydrogen (secondary N) is 1. The normalized spacial score (nSPS) is 32.7. The van der Waals surface area contributed by atoms with Crippen LogP contribution in [0.2, 0.25) is 0 Å². The molecule has 1 aromatic heterocycles. The summed E-state index contributed by atoms with van der Waals surface area (Å²) < 4.78 is 15.0. The molecule has 1 aliphatic heterocycles. The standard InChI is InChI=1S/C42H47FN4O5/c1-40-15-11-28(48)25-27(40)8-9-31-33(40)12-16-41(2)34(31)13-17-42(41,52)18-14-37(49)46-19-21-47(22-20-46)39(51)32-23-26(7-10-35(32)43)24-36-29-5-3-4-6-30(29)38(50)45-44-36/h3-7,10,23,27,31,33-34,52H,8-9,11-13,15-17,19-22,24-25H2,1-2H3,(H,45,50)/t27-,31?,33-,34-,40?,41?,42+/m0/s1. The molecule has 2 heterocycles. The number of carbonyl (C=O) groups excluding carboxylic acids is 3. The minimum atomic E-state index is -1.24. The van der Waals surface area contributed by atoms with Crippen LogP contribution in [0.15, 0.2) is 47.3 Å². The van der Waals surface area contributed by atoms with E-state index in [1.807, 2.05) is 12.1 Å². The quantitative estimate of drug-likeness (QED) is 0.358. The Morgan fingerprint density at radius 1 is 0.942 bits per heavy atom. The number of hydrogen-bond acceptors (Lipinski definition) is 6. The van der Waals surface area contributed by atoms with Gasteiger partial charge in [0, 0.05) is 56.2 Å². The lowest BCUT2D eigenvalue weighted by Gasteiger charge is -2.60. The summed E-state index contributed by atoms with van der Waals surface area (Å²) in [5, 5.41) is 20.0. The highest BCUT2D eigenvalue weighted by Gasteiger charge is 2.64. The van der Waals surface area contributed by atoms with Crippen molar-refractivity contribution >= 4 is 28.4 Å². The van der Waals surface area contributed by atoms with E-state index in [-0.39, 0.29) is 54.0 Å². The molecule has 9 nitrogen and oxygen atoms in total. The maximum atomic E-state index is 15.0. The molecule has 7 atom stereocenters. The Hall–Kier alpha value is -4.36. The monoisotopic (exact) mass is 706 g/mol. The second kappa shape index (κ2) is 12.9. The molecular weight excluding hydrogens is 659 g/mol. The number of fused-ring (bicyclic) bond motifs is 6. The number of aromatic nitrogens is 2. The van der Waals surface area contributed by atoms with Crippen molar-refractivity contribution in [2.75, 3.05) is 26.2 Å². The van der Waals surface area contributed by atoms with Crippen molar-refractivity contribution in [3.8, 4) is 11.8 Å². The van der Waals surface area contributed by atoms with Crippen LogP contribution in [-0.2, 0) is 16.0 Å². The Morgan fingerprint density at radius 3 is 2.46 bits per heavy atom. The molecule has 2 amide bonds. The molecule has 3 unspecified atom stereocenters. The number of ketones is 1. The average molecular weight is 707 g/mol. The van der Waals surface area contributed by atoms with E-state index < -0.39 is 17.3 Å². The first-order valence-corrected chi connectivity index (χ1v) is 19.0. The molecule has 3 aromatic rings. The number of aromatic amines is 1. The lowest BCUT2D eigenvalue weighted by atomic mass is 9.44. The van der Waals surface area contributed by atoms with Crippen LogP contribution in [0.5, 0.6) is 0 Å². The number of hydrogen-bond donors (Lipinski definition) is 2. The van der Waals surface area contributed by atoms with Crippen molar-refractivity contribution in [3.63, 3.8) is 0 Å². The molecular formula is C42H47FN4O5. The summed E-state index contributed by atoms with van der Waals surface area (Å²) in [6, 6.07) is 11.6. The molecule has 52 heavy (non-hydrogen) atoms. The summed E-state index contributed by atoms with van der Waals surface area (Å²) in [4.78, 5) is 54.6. The Bertz CT molecular complexity index is 2080. The summed E-state index contributed by atoms with van der Waals surface area (Å²) in [5.41, 5.74) is -0.477. The third kappa shape index (κ3) is 5.67. The van der Waals surface area contributed by atoms with Crippen LogP contribution >= 0.6 is 0 Å². The van der Waals surface area contributed by atoms with Gasteiger partial charge in [-0.1, -0.05) is 44.0 Å². The highest BCUT2D eigenvalue weighted by Crippen LogP contribution is 2.68. The largest absolute Gasteiger partial charge is 0.377 e. The lowest BCUT2D eigenvalue weighted by molar-refractivity contribution is -0.147. The van der Waals surface area contributed by atoms with Gasteiger partial charge in [-0.25, -0.2) is 9.49 Å². The number of halogens is 1. The van der Waals surface area contributed by atoms with Crippen molar-refractivity contribution in [1.82, 2.24) is 20.0 Å². The van der Waals surface area contributed by atoms with Gasteiger partial charge < -0.3 is 14.9 Å². The van der Waals surface area contributed by atoms with E-state index in [1.165, 1.54) is 12.1 Å². The van der Waals surface area contributed by atoms with Crippen LogP contribution in [0.25, 0.3) is 10.8 Å². The molecule has 0 bridgehead atoms. The van der Waals surface area contributed by atoms with E-state index in [0.29, 0.717) is 70.7 Å². The molecule has 1 saturated heterocycles. The van der Waals surface area contributed by atoms with Gasteiger partial charge in [0.2, 0.25) is 0 Å². The van der Waals surface area contributed by atoms with Gasteiger partial charge in [-0.05, 0) is 104 Å². The summed E-state index contributed by atoms with van der Waals surface area (Å²) in [6.07, 6.45) is 8.21. The molecule has 4 aliphatic carbocycles. The van der Waals surface area contributed by atoms with Gasteiger partial charge in [0.25, 0.3) is 17.4 Å². The number of piperazine rings is 1. The first-order valence-electron chi connectivity index (χ1n) is 19.0. The third-order valence-corrected chi connectivity index (χ3v) is 14.3. The van der Waals surface area contributed by atoms with Gasteiger partial charge in [0.05, 0.1) is 16.6 Å². The maximum Gasteiger partial charge on any atom is 0.298 e. The van der Waals surface area contributed by atoms with E-state index >= 15 is 4.39 Å². The molecule has 0 radical (unpaired) electrons. The zero-order chi connectivity index (χ0) is 36.4. The summed E-state index contributed by atoms with van der Waals surface area (Å²) in [5.74, 6) is 6.77. The van der Waals surface area contributed by atoms with Gasteiger partial charge in [-0.15, -0.1) is 0 Å². The van der Waals surface area contributed by atoms with E-state index in [4.69, 9.17) is 0 Å². The second-order valence-electron chi connectivity index (χ2n) is 16.6. The van der Waals surface area contributed by atoms with E-state index in [0.717, 1.165) is 44.9 Å². The molecule has 272 valence electrons. The van der Waals surface area contributed by atoms with Crippen molar-refractivity contribution in [3.05, 3.63) is 75.5 Å². The Morgan fingerprint density at radius 2 is 1.67 bits per heavy atom. The molecule has 4 saturated carbocycles. The van der Waals surface area contributed by atoms with E-state index in [1.54, 1.807) is 28.0 Å². The van der Waals surface area contributed by atoms with Gasteiger partial charge in [0.1, 0.15) is 17.2 Å². The SMILES string of the molecule is CC12CCC(=O)C[C@@H]1CCC1[C@@H]2CCC2(C)[C@H]1CC[C@@]2(O)C#CC(=O)N1CCN(C(=O)c2cc(Cc3n[nH]c(=O)c4ccccc34)ccc2F)CC1. The van der Waals surface area contributed by atoms with Crippen molar-refractivity contribution < 1.29 is 23.9 Å². The zero-order valence-corrected chi connectivity index (χ0v) is 30.1. The molecule has 2 aromatic carbocycles. The fourth-order valence-corrected chi connectivity index (χ4v) is 11.1. The predicted octanol–water partition coefficient (Wildman–Crippen LogP) is 5.28. The summed E-state index contributed by atoms with van der Waals surface area (Å²) in [6.45, 7) is 5.59. The highest BCUT2D eigenvalue weighted by molar-refractivity contribution is 5.96. The zero-order valence-electron chi connectivity index (χ0n) is 30.1. The number of benzene rings is 2. The molecule has 0 spiro atoms. The van der Waals surface area contributed by atoms with Crippen LogP contribution in [-0.4, -0.2) is 74.5 Å². The van der Waals surface area contributed by atoms with Crippen LogP contribution in [0, 0.1) is 52.2 Å². The topological polar surface area (TPSA) is 124 Å². The number of nitrogens with zero attached hydrogens (tertiary/aromatic N) is 3. The lowest BCUT2D eigenvalue weighted by Crippen LogP contribution is -2.56. The number of aliphatic hydroxyl groups is 1. The van der Waals surface area contributed by atoms with Crippen molar-refractivity contribution in [1.29, 1.82) is 0 Å². The smallest absolute Gasteiger partial charge is 0.298 e. The van der Waals surface area contributed by atoms with E-state index in [9.17, 15) is 24.3 Å². The molecule has 2 N–H and O–H groups in total. The van der Waals surface area contributed by atoms with E-state index in [2.05, 4.69) is 35.9 Å². The average Bonchev–Trinajstić information content (AvgIpc) is 3.42.